The first kappa shape index (κ1) is 25.2. The first-order valence-electron chi connectivity index (χ1n) is 11.0. The van der Waals surface area contributed by atoms with Crippen LogP contribution in [0.2, 0.25) is 0 Å². The minimum absolute atomic E-state index is 0.105. The second-order valence-corrected chi connectivity index (χ2v) is 7.04. The molecule has 0 amide bonds. The van der Waals surface area contributed by atoms with Crippen molar-refractivity contribution < 1.29 is 9.47 Å². The molecule has 0 aromatic carbocycles. The van der Waals surface area contributed by atoms with Crippen LogP contribution in [0, 0.1) is 0 Å². The van der Waals surface area contributed by atoms with E-state index in [4.69, 9.17) is 15.2 Å². The molecule has 0 radical (unpaired) electrons. The van der Waals surface area contributed by atoms with Gasteiger partial charge in [-0.05, 0) is 25.5 Å². The van der Waals surface area contributed by atoms with Gasteiger partial charge in [-0.1, -0.05) is 20.8 Å². The lowest BCUT2D eigenvalue weighted by atomic mass is 10.2. The van der Waals surface area contributed by atoms with E-state index in [0.717, 1.165) is 12.0 Å². The van der Waals surface area contributed by atoms with Crippen molar-refractivity contribution >= 4 is 16.9 Å². The largest absolute Gasteiger partial charge is 0.481 e. The molecular formula is C23H34N6O3. The Hall–Kier alpha value is -3.04. The summed E-state index contributed by atoms with van der Waals surface area (Å²) in [6.07, 6.45) is 4.27. The molecule has 0 saturated carbocycles. The zero-order chi connectivity index (χ0) is 23.5. The first-order valence-corrected chi connectivity index (χ1v) is 11.0. The highest BCUT2D eigenvalue weighted by molar-refractivity contribution is 5.80. The van der Waals surface area contributed by atoms with Crippen molar-refractivity contribution in [3.8, 4) is 17.1 Å². The van der Waals surface area contributed by atoms with E-state index in [0.29, 0.717) is 48.9 Å². The molecule has 3 heterocycles. The molecule has 9 nitrogen and oxygen atoms in total. The van der Waals surface area contributed by atoms with Crippen LogP contribution < -0.4 is 21.3 Å². The topological polar surface area (TPSA) is 117 Å². The molecule has 0 bridgehead atoms. The molecule has 3 rings (SSSR count). The van der Waals surface area contributed by atoms with Gasteiger partial charge in [-0.25, -0.2) is 9.97 Å². The van der Waals surface area contributed by atoms with E-state index in [9.17, 15) is 4.79 Å². The SMILES string of the molecule is CC.CCCOCCn1c(=O)c(NCC(C)N)nc2cnc(-c3ccc(OC)nc3)cc21. The molecular weight excluding hydrogens is 408 g/mol. The second-order valence-electron chi connectivity index (χ2n) is 7.04. The summed E-state index contributed by atoms with van der Waals surface area (Å²) in [6, 6.07) is 5.39. The smallest absolute Gasteiger partial charge is 0.293 e. The third-order valence-electron chi connectivity index (χ3n) is 4.47. The fourth-order valence-corrected chi connectivity index (χ4v) is 2.95. The van der Waals surface area contributed by atoms with E-state index in [2.05, 4.69) is 20.3 Å². The third-order valence-corrected chi connectivity index (χ3v) is 4.47. The number of aromatic nitrogens is 4. The van der Waals surface area contributed by atoms with Crippen LogP contribution in [0.25, 0.3) is 22.3 Å². The highest BCUT2D eigenvalue weighted by Gasteiger charge is 2.13. The summed E-state index contributed by atoms with van der Waals surface area (Å²) in [4.78, 5) is 26.3. The van der Waals surface area contributed by atoms with Crippen LogP contribution in [-0.4, -0.2) is 52.4 Å². The molecule has 0 aliphatic heterocycles. The van der Waals surface area contributed by atoms with Gasteiger partial charge in [0.05, 0.1) is 31.1 Å². The second kappa shape index (κ2) is 12.7. The van der Waals surface area contributed by atoms with Gasteiger partial charge in [-0.3, -0.25) is 9.78 Å². The average molecular weight is 443 g/mol. The van der Waals surface area contributed by atoms with Crippen LogP contribution >= 0.6 is 0 Å². The number of nitrogens with one attached hydrogen (secondary N) is 1. The summed E-state index contributed by atoms with van der Waals surface area (Å²) in [5.74, 6) is 0.784. The summed E-state index contributed by atoms with van der Waals surface area (Å²) in [6.45, 7) is 9.85. The Bertz CT molecular complexity index is 1030. The molecule has 0 saturated heterocycles. The van der Waals surface area contributed by atoms with Crippen LogP contribution in [0.1, 0.15) is 34.1 Å². The maximum atomic E-state index is 13.1. The standard InChI is InChI=1S/C21H28N6O3.C2H6/c1-4-8-30-9-7-27-18-10-16(15-5-6-19(29-3)24-12-15)23-13-17(18)26-20(21(27)28)25-11-14(2)22;1-2/h5-6,10,12-14H,4,7-9,11,22H2,1-3H3,(H,25,26);1-2H3. The fraction of sp³-hybridized carbons (Fsp3) is 0.478. The van der Waals surface area contributed by atoms with Gasteiger partial charge >= 0.3 is 0 Å². The van der Waals surface area contributed by atoms with Crippen molar-refractivity contribution in [3.05, 3.63) is 40.9 Å². The van der Waals surface area contributed by atoms with E-state index < -0.39 is 0 Å². The zero-order valence-corrected chi connectivity index (χ0v) is 19.6. The summed E-state index contributed by atoms with van der Waals surface area (Å²) >= 11 is 0. The minimum Gasteiger partial charge on any atom is -0.481 e. The monoisotopic (exact) mass is 442 g/mol. The predicted octanol–water partition coefficient (Wildman–Crippen LogP) is 3.07. The Labute approximate surface area is 189 Å². The molecule has 174 valence electrons. The van der Waals surface area contributed by atoms with Gasteiger partial charge in [0.2, 0.25) is 5.88 Å². The van der Waals surface area contributed by atoms with Gasteiger partial charge in [0.25, 0.3) is 5.56 Å². The maximum absolute atomic E-state index is 13.1. The Kier molecular flexibility index (Phi) is 10.0. The number of hydrogen-bond acceptors (Lipinski definition) is 8. The number of fused-ring (bicyclic) bond motifs is 1. The summed E-state index contributed by atoms with van der Waals surface area (Å²) in [5.41, 5.74) is 8.41. The van der Waals surface area contributed by atoms with Gasteiger partial charge in [0.15, 0.2) is 5.82 Å². The average Bonchev–Trinajstić information content (AvgIpc) is 2.82. The van der Waals surface area contributed by atoms with Crippen molar-refractivity contribution in [1.82, 2.24) is 19.5 Å². The van der Waals surface area contributed by atoms with E-state index in [1.807, 2.05) is 39.8 Å². The molecule has 0 spiro atoms. The lowest BCUT2D eigenvalue weighted by Gasteiger charge is -2.15. The highest BCUT2D eigenvalue weighted by Crippen LogP contribution is 2.22. The lowest BCUT2D eigenvalue weighted by molar-refractivity contribution is 0.127. The third kappa shape index (κ3) is 6.48. The van der Waals surface area contributed by atoms with Gasteiger partial charge in [0.1, 0.15) is 5.52 Å². The highest BCUT2D eigenvalue weighted by atomic mass is 16.5. The fourth-order valence-electron chi connectivity index (χ4n) is 2.95. The summed E-state index contributed by atoms with van der Waals surface area (Å²) in [5, 5.41) is 3.04. The molecule has 3 aromatic rings. The molecule has 1 unspecified atom stereocenters. The van der Waals surface area contributed by atoms with Crippen molar-refractivity contribution in [2.24, 2.45) is 5.73 Å². The Morgan fingerprint density at radius 3 is 2.59 bits per heavy atom. The van der Waals surface area contributed by atoms with Crippen LogP contribution in [0.4, 0.5) is 5.82 Å². The van der Waals surface area contributed by atoms with Crippen molar-refractivity contribution in [2.45, 2.75) is 46.7 Å². The van der Waals surface area contributed by atoms with E-state index in [-0.39, 0.29) is 17.4 Å². The van der Waals surface area contributed by atoms with Crippen LogP contribution in [0.3, 0.4) is 0 Å². The van der Waals surface area contributed by atoms with Gasteiger partial charge in [-0.2, -0.15) is 0 Å². The van der Waals surface area contributed by atoms with Crippen molar-refractivity contribution in [2.75, 3.05) is 32.2 Å². The maximum Gasteiger partial charge on any atom is 0.293 e. The molecule has 0 fully saturated rings. The number of anilines is 1. The molecule has 9 heteroatoms. The van der Waals surface area contributed by atoms with Crippen LogP contribution in [0.15, 0.2) is 35.4 Å². The Morgan fingerprint density at radius 1 is 1.19 bits per heavy atom. The zero-order valence-electron chi connectivity index (χ0n) is 19.6. The molecule has 0 aliphatic rings. The van der Waals surface area contributed by atoms with E-state index in [1.165, 1.54) is 0 Å². The van der Waals surface area contributed by atoms with E-state index >= 15 is 0 Å². The predicted molar refractivity (Wildman–Crippen MR) is 128 cm³/mol. The number of rotatable bonds is 10. The number of nitrogens with two attached hydrogens (primary N) is 1. The van der Waals surface area contributed by atoms with Crippen LogP contribution in [-0.2, 0) is 11.3 Å². The number of methoxy groups -OCH3 is 1. The minimum atomic E-state index is -0.215. The number of nitrogens with zero attached hydrogens (tertiary/aromatic N) is 4. The molecule has 0 aliphatic carbocycles. The van der Waals surface area contributed by atoms with Crippen molar-refractivity contribution in [1.29, 1.82) is 0 Å². The normalized spacial score (nSPS) is 11.6. The van der Waals surface area contributed by atoms with Crippen molar-refractivity contribution in [3.63, 3.8) is 0 Å². The first-order chi connectivity index (χ1) is 15.5. The van der Waals surface area contributed by atoms with Gasteiger partial charge < -0.3 is 25.1 Å². The molecule has 3 N–H and O–H groups in total. The van der Waals surface area contributed by atoms with Crippen LogP contribution in [0.5, 0.6) is 5.88 Å². The molecule has 32 heavy (non-hydrogen) atoms. The Morgan fingerprint density at radius 2 is 1.97 bits per heavy atom. The van der Waals surface area contributed by atoms with E-state index in [1.54, 1.807) is 30.1 Å². The summed E-state index contributed by atoms with van der Waals surface area (Å²) in [7, 11) is 1.57. The Balaban J connectivity index is 0.00000176. The number of hydrogen-bond donors (Lipinski definition) is 2. The number of pyridine rings is 2. The molecule has 1 atom stereocenters. The molecule has 3 aromatic heterocycles. The van der Waals surface area contributed by atoms with Gasteiger partial charge in [0, 0.05) is 43.6 Å². The quantitative estimate of drug-likeness (QED) is 0.460. The lowest BCUT2D eigenvalue weighted by Crippen LogP contribution is -2.31. The summed E-state index contributed by atoms with van der Waals surface area (Å²) < 4.78 is 12.4. The van der Waals surface area contributed by atoms with Gasteiger partial charge in [-0.15, -0.1) is 0 Å². The number of ether oxygens (including phenoxy) is 2.